The summed E-state index contributed by atoms with van der Waals surface area (Å²) < 4.78 is 0. The first-order valence-corrected chi connectivity index (χ1v) is 7.64. The molecular formula is C16H17N5O. The number of allylic oxidation sites excluding steroid dienone is 1. The lowest BCUT2D eigenvalue weighted by Gasteiger charge is -2.33. The van der Waals surface area contributed by atoms with Gasteiger partial charge in [0.25, 0.3) is 5.91 Å². The number of amidine groups is 1. The molecule has 4 rings (SSSR count). The molecule has 0 radical (unpaired) electrons. The Kier molecular flexibility index (Phi) is 3.21. The van der Waals surface area contributed by atoms with Crippen molar-refractivity contribution in [3.8, 4) is 0 Å². The summed E-state index contributed by atoms with van der Waals surface area (Å²) in [6, 6.07) is 3.63. The van der Waals surface area contributed by atoms with Crippen molar-refractivity contribution >= 4 is 17.7 Å². The van der Waals surface area contributed by atoms with E-state index in [-0.39, 0.29) is 11.9 Å². The summed E-state index contributed by atoms with van der Waals surface area (Å²) in [6.07, 6.45) is 8.70. The van der Waals surface area contributed by atoms with E-state index >= 15 is 0 Å². The van der Waals surface area contributed by atoms with Crippen molar-refractivity contribution in [3.63, 3.8) is 0 Å². The van der Waals surface area contributed by atoms with Gasteiger partial charge in [0, 0.05) is 24.5 Å². The summed E-state index contributed by atoms with van der Waals surface area (Å²) in [5.74, 6) is 1.43. The molecule has 0 saturated heterocycles. The molecule has 1 N–H and O–H groups in total. The highest BCUT2D eigenvalue weighted by molar-refractivity contribution is 6.16. The molecule has 0 bridgehead atoms. The maximum Gasteiger partial charge on any atom is 0.259 e. The van der Waals surface area contributed by atoms with Crippen LogP contribution in [0.4, 0.5) is 0 Å². The first-order valence-electron chi connectivity index (χ1n) is 7.64. The van der Waals surface area contributed by atoms with E-state index in [1.54, 1.807) is 24.5 Å². The zero-order valence-electron chi connectivity index (χ0n) is 12.2. The Morgan fingerprint density at radius 3 is 3.23 bits per heavy atom. The minimum Gasteiger partial charge on any atom is -0.295 e. The molecule has 1 atom stereocenters. The molecule has 112 valence electrons. The van der Waals surface area contributed by atoms with Gasteiger partial charge in [-0.1, -0.05) is 6.08 Å². The van der Waals surface area contributed by atoms with Gasteiger partial charge >= 0.3 is 0 Å². The molecular weight excluding hydrogens is 278 g/mol. The fourth-order valence-electron chi connectivity index (χ4n) is 3.12. The quantitative estimate of drug-likeness (QED) is 0.851. The number of amides is 1. The van der Waals surface area contributed by atoms with Gasteiger partial charge in [0.05, 0.1) is 18.2 Å². The highest BCUT2D eigenvalue weighted by atomic mass is 16.1. The normalized spacial score (nSPS) is 23.0. The zero-order chi connectivity index (χ0) is 14.9. The van der Waals surface area contributed by atoms with Crippen LogP contribution in [0.2, 0.25) is 0 Å². The summed E-state index contributed by atoms with van der Waals surface area (Å²) in [7, 11) is 0. The van der Waals surface area contributed by atoms with Gasteiger partial charge in [-0.25, -0.2) is 4.99 Å². The third-order valence-electron chi connectivity index (χ3n) is 4.19. The molecule has 0 aromatic carbocycles. The second kappa shape index (κ2) is 5.36. The molecule has 6 heteroatoms. The van der Waals surface area contributed by atoms with Crippen LogP contribution in [0.3, 0.4) is 0 Å². The number of guanidine groups is 1. The van der Waals surface area contributed by atoms with Crippen LogP contribution < -0.4 is 5.32 Å². The number of nitrogens with zero attached hydrogens (tertiary/aromatic N) is 4. The molecule has 1 aliphatic carbocycles. The Balaban J connectivity index is 1.63. The number of carbonyl (C=O) groups excluding carboxylic acids is 1. The lowest BCUT2D eigenvalue weighted by molar-refractivity contribution is 0.0973. The summed E-state index contributed by atoms with van der Waals surface area (Å²) in [5, 5.41) is 2.93. The standard InChI is InChI=1S/C16H17N5O/c22-15(11-4-3-7-17-10-11)20-16-19-13-6-2-1-5-12(13)14-18-8-9-21(14)16/h3-5,7,10,13H,1-2,6,8-9H2,(H,19,20,22). The second-order valence-corrected chi connectivity index (χ2v) is 5.61. The molecule has 1 amide bonds. The Bertz CT molecular complexity index is 692. The predicted molar refractivity (Wildman–Crippen MR) is 83.9 cm³/mol. The third kappa shape index (κ3) is 2.20. The summed E-state index contributed by atoms with van der Waals surface area (Å²) >= 11 is 0. The highest BCUT2D eigenvalue weighted by Crippen LogP contribution is 2.29. The summed E-state index contributed by atoms with van der Waals surface area (Å²) in [4.78, 5) is 27.7. The monoisotopic (exact) mass is 295 g/mol. The average Bonchev–Trinajstić information content (AvgIpc) is 3.06. The minimum atomic E-state index is -0.179. The van der Waals surface area contributed by atoms with E-state index in [1.807, 2.05) is 4.90 Å². The molecule has 3 heterocycles. The smallest absolute Gasteiger partial charge is 0.259 e. The van der Waals surface area contributed by atoms with Crippen molar-refractivity contribution in [2.24, 2.45) is 9.98 Å². The van der Waals surface area contributed by atoms with E-state index in [1.165, 1.54) is 5.57 Å². The molecule has 1 aromatic rings. The first-order chi connectivity index (χ1) is 10.8. The Hall–Kier alpha value is -2.50. The van der Waals surface area contributed by atoms with Gasteiger partial charge in [0.15, 0.2) is 0 Å². The van der Waals surface area contributed by atoms with E-state index in [2.05, 4.69) is 21.4 Å². The van der Waals surface area contributed by atoms with E-state index < -0.39 is 0 Å². The first kappa shape index (κ1) is 13.2. The third-order valence-corrected chi connectivity index (χ3v) is 4.19. The van der Waals surface area contributed by atoms with Gasteiger partial charge in [-0.05, 0) is 31.4 Å². The van der Waals surface area contributed by atoms with Crippen LogP contribution in [-0.4, -0.2) is 46.7 Å². The van der Waals surface area contributed by atoms with Gasteiger partial charge in [0.1, 0.15) is 5.84 Å². The van der Waals surface area contributed by atoms with Crippen molar-refractivity contribution in [2.45, 2.75) is 25.3 Å². The van der Waals surface area contributed by atoms with Crippen molar-refractivity contribution in [1.82, 2.24) is 15.2 Å². The van der Waals surface area contributed by atoms with Crippen LogP contribution in [0.1, 0.15) is 29.6 Å². The molecule has 2 aliphatic heterocycles. The maximum atomic E-state index is 12.3. The van der Waals surface area contributed by atoms with Gasteiger partial charge in [0.2, 0.25) is 5.96 Å². The fraction of sp³-hybridized carbons (Fsp3) is 0.375. The number of hydrogen-bond acceptors (Lipinski definition) is 5. The zero-order valence-corrected chi connectivity index (χ0v) is 12.2. The van der Waals surface area contributed by atoms with Crippen LogP contribution in [-0.2, 0) is 0 Å². The van der Waals surface area contributed by atoms with E-state index in [4.69, 9.17) is 4.99 Å². The van der Waals surface area contributed by atoms with Crippen LogP contribution >= 0.6 is 0 Å². The van der Waals surface area contributed by atoms with Crippen molar-refractivity contribution in [2.75, 3.05) is 13.1 Å². The van der Waals surface area contributed by atoms with Crippen molar-refractivity contribution < 1.29 is 4.79 Å². The van der Waals surface area contributed by atoms with Gasteiger partial charge in [-0.15, -0.1) is 0 Å². The lowest BCUT2D eigenvalue weighted by atomic mass is 9.92. The number of pyridine rings is 1. The molecule has 1 unspecified atom stereocenters. The number of aliphatic imine (C=N–C) groups is 2. The molecule has 1 aromatic heterocycles. The summed E-state index contributed by atoms with van der Waals surface area (Å²) in [6.45, 7) is 1.52. The van der Waals surface area contributed by atoms with Crippen LogP contribution in [0, 0.1) is 0 Å². The SMILES string of the molecule is O=C(NC1=NC2CCCC=C2C2=NCCN12)c1cccnc1. The molecule has 0 saturated carbocycles. The molecule has 3 aliphatic rings. The van der Waals surface area contributed by atoms with Crippen LogP contribution in [0.5, 0.6) is 0 Å². The average molecular weight is 295 g/mol. The largest absolute Gasteiger partial charge is 0.295 e. The number of nitrogens with one attached hydrogen (secondary N) is 1. The molecule has 0 fully saturated rings. The Labute approximate surface area is 128 Å². The number of rotatable bonds is 1. The second-order valence-electron chi connectivity index (χ2n) is 5.61. The van der Waals surface area contributed by atoms with Gasteiger partial charge < -0.3 is 0 Å². The van der Waals surface area contributed by atoms with Gasteiger partial charge in [-0.2, -0.15) is 0 Å². The number of aromatic nitrogens is 1. The number of carbonyl (C=O) groups is 1. The predicted octanol–water partition coefficient (Wildman–Crippen LogP) is 1.37. The van der Waals surface area contributed by atoms with E-state index in [0.29, 0.717) is 11.5 Å². The van der Waals surface area contributed by atoms with E-state index in [9.17, 15) is 4.79 Å². The van der Waals surface area contributed by atoms with Gasteiger partial charge in [-0.3, -0.25) is 25.0 Å². The topological polar surface area (TPSA) is 70.0 Å². The van der Waals surface area contributed by atoms with E-state index in [0.717, 1.165) is 38.2 Å². The Morgan fingerprint density at radius 2 is 2.36 bits per heavy atom. The molecule has 22 heavy (non-hydrogen) atoms. The maximum absolute atomic E-state index is 12.3. The van der Waals surface area contributed by atoms with Crippen LogP contribution in [0.25, 0.3) is 0 Å². The van der Waals surface area contributed by atoms with Crippen molar-refractivity contribution in [3.05, 3.63) is 41.7 Å². The van der Waals surface area contributed by atoms with Crippen molar-refractivity contribution in [1.29, 1.82) is 0 Å². The molecule has 0 spiro atoms. The molecule has 6 nitrogen and oxygen atoms in total. The minimum absolute atomic E-state index is 0.131. The number of fused-ring (bicyclic) bond motifs is 3. The lowest BCUT2D eigenvalue weighted by Crippen LogP contribution is -2.51. The fourth-order valence-corrected chi connectivity index (χ4v) is 3.12. The number of hydrogen-bond donors (Lipinski definition) is 1. The Morgan fingerprint density at radius 1 is 1.41 bits per heavy atom. The van der Waals surface area contributed by atoms with Crippen LogP contribution in [0.15, 0.2) is 46.2 Å². The highest BCUT2D eigenvalue weighted by Gasteiger charge is 2.35. The summed E-state index contributed by atoms with van der Waals surface area (Å²) in [5.41, 5.74) is 1.76.